The van der Waals surface area contributed by atoms with E-state index in [0.29, 0.717) is 11.0 Å². The number of nitrogens with one attached hydrogen (secondary N) is 1. The molecule has 1 aliphatic heterocycles. The molecule has 178 valence electrons. The first-order valence-corrected chi connectivity index (χ1v) is 12.5. The number of hydrogen-bond acceptors (Lipinski definition) is 3. The second kappa shape index (κ2) is 9.27. The molecule has 0 radical (unpaired) electrons. The van der Waals surface area contributed by atoms with Crippen molar-refractivity contribution in [3.63, 3.8) is 0 Å². The number of pyridine rings is 2. The van der Waals surface area contributed by atoms with E-state index in [1.807, 2.05) is 30.6 Å². The van der Waals surface area contributed by atoms with Gasteiger partial charge in [0, 0.05) is 29.5 Å². The molecule has 0 amide bonds. The van der Waals surface area contributed by atoms with E-state index < -0.39 is 0 Å². The zero-order valence-electron chi connectivity index (χ0n) is 20.9. The van der Waals surface area contributed by atoms with Crippen molar-refractivity contribution in [2.45, 2.75) is 52.6 Å². The van der Waals surface area contributed by atoms with Crippen LogP contribution in [0, 0.1) is 20.8 Å². The Kier molecular flexibility index (Phi) is 6.15. The fourth-order valence-electron chi connectivity index (χ4n) is 5.09. The van der Waals surface area contributed by atoms with Gasteiger partial charge in [0.05, 0.1) is 17.8 Å². The van der Waals surface area contributed by atoms with Crippen molar-refractivity contribution in [3.8, 4) is 5.82 Å². The summed E-state index contributed by atoms with van der Waals surface area (Å²) in [6.07, 6.45) is 3.70. The van der Waals surface area contributed by atoms with Gasteiger partial charge in [-0.3, -0.25) is 4.98 Å². The number of nitrogens with zero attached hydrogens (tertiary/aromatic N) is 4. The van der Waals surface area contributed by atoms with Gasteiger partial charge in [-0.25, -0.2) is 4.98 Å². The maximum atomic E-state index is 5.93. The summed E-state index contributed by atoms with van der Waals surface area (Å²) >= 11 is 5.93. The van der Waals surface area contributed by atoms with E-state index in [9.17, 15) is 0 Å². The van der Waals surface area contributed by atoms with E-state index in [4.69, 9.17) is 22.2 Å². The average Bonchev–Trinajstić information content (AvgIpc) is 3.35. The lowest BCUT2D eigenvalue weighted by Gasteiger charge is -2.28. The van der Waals surface area contributed by atoms with Crippen LogP contribution in [-0.2, 0) is 0 Å². The van der Waals surface area contributed by atoms with Gasteiger partial charge in [0.15, 0.2) is 5.11 Å². The van der Waals surface area contributed by atoms with E-state index in [1.165, 1.54) is 11.1 Å². The first-order valence-electron chi connectivity index (χ1n) is 12.1. The highest BCUT2D eigenvalue weighted by Gasteiger charge is 2.42. The number of hydrogen-bond donors (Lipinski definition) is 1. The number of benzene rings is 1. The minimum atomic E-state index is -0.0766. The van der Waals surface area contributed by atoms with Gasteiger partial charge in [-0.2, -0.15) is 0 Å². The molecule has 1 aromatic carbocycles. The van der Waals surface area contributed by atoms with Gasteiger partial charge in [0.2, 0.25) is 0 Å². The third kappa shape index (κ3) is 4.12. The van der Waals surface area contributed by atoms with E-state index in [1.54, 1.807) is 0 Å². The van der Waals surface area contributed by atoms with Crippen molar-refractivity contribution in [1.29, 1.82) is 0 Å². The van der Waals surface area contributed by atoms with Crippen LogP contribution in [0.5, 0.6) is 0 Å². The molecule has 0 spiro atoms. The predicted octanol–water partition coefficient (Wildman–Crippen LogP) is 6.49. The molecule has 5 nitrogen and oxygen atoms in total. The number of rotatable bonds is 5. The molecule has 0 aliphatic carbocycles. The largest absolute Gasteiger partial charge is 0.351 e. The predicted molar refractivity (Wildman–Crippen MR) is 146 cm³/mol. The van der Waals surface area contributed by atoms with Crippen LogP contribution in [0.1, 0.15) is 65.6 Å². The Labute approximate surface area is 212 Å². The fraction of sp³-hybridized carbons (Fsp3) is 0.276. The molecule has 3 aromatic heterocycles. The van der Waals surface area contributed by atoms with Crippen molar-refractivity contribution < 1.29 is 0 Å². The van der Waals surface area contributed by atoms with Crippen molar-refractivity contribution in [2.24, 2.45) is 0 Å². The Hall–Kier alpha value is -3.51. The van der Waals surface area contributed by atoms with Gasteiger partial charge in [-0.15, -0.1) is 0 Å². The molecule has 2 unspecified atom stereocenters. The summed E-state index contributed by atoms with van der Waals surface area (Å²) in [6, 6.07) is 21.0. The molecule has 4 heterocycles. The number of aryl methyl sites for hydroxylation is 2. The Morgan fingerprint density at radius 1 is 0.914 bits per heavy atom. The van der Waals surface area contributed by atoms with E-state index in [-0.39, 0.29) is 12.1 Å². The smallest absolute Gasteiger partial charge is 0.174 e. The van der Waals surface area contributed by atoms with Gasteiger partial charge in [0.1, 0.15) is 5.82 Å². The minimum absolute atomic E-state index is 0.0498. The summed E-state index contributed by atoms with van der Waals surface area (Å²) in [5.41, 5.74) is 8.02. The molecule has 1 aliphatic rings. The molecule has 35 heavy (non-hydrogen) atoms. The Balaban J connectivity index is 1.67. The highest BCUT2D eigenvalue weighted by molar-refractivity contribution is 7.80. The quantitative estimate of drug-likeness (QED) is 0.330. The van der Waals surface area contributed by atoms with Crippen LogP contribution in [-0.4, -0.2) is 19.6 Å². The zero-order chi connectivity index (χ0) is 24.7. The maximum Gasteiger partial charge on any atom is 0.174 e. The van der Waals surface area contributed by atoms with Crippen molar-refractivity contribution in [2.75, 3.05) is 4.90 Å². The van der Waals surface area contributed by atoms with Crippen LogP contribution in [0.25, 0.3) is 5.82 Å². The summed E-state index contributed by atoms with van der Waals surface area (Å²) in [4.78, 5) is 11.6. The van der Waals surface area contributed by atoms with Crippen LogP contribution >= 0.6 is 12.2 Å². The molecular weight excluding hydrogens is 450 g/mol. The minimum Gasteiger partial charge on any atom is -0.351 e. The SMILES string of the molecule is Cc1cccnc1-n1c(C)cc(C2C(c3ccccn3)NC(=S)N2c2ccc(C(C)C)cc2)c1C. The van der Waals surface area contributed by atoms with Crippen molar-refractivity contribution in [3.05, 3.63) is 107 Å². The summed E-state index contributed by atoms with van der Waals surface area (Å²) < 4.78 is 2.25. The molecular formula is C29H31N5S. The summed E-state index contributed by atoms with van der Waals surface area (Å²) in [5, 5.41) is 4.29. The molecule has 1 saturated heterocycles. The molecule has 1 N–H and O–H groups in total. The van der Waals surface area contributed by atoms with Gasteiger partial charge >= 0.3 is 0 Å². The summed E-state index contributed by atoms with van der Waals surface area (Å²) in [6.45, 7) is 10.8. The van der Waals surface area contributed by atoms with Crippen LogP contribution in [0.15, 0.2) is 73.1 Å². The third-order valence-corrected chi connectivity index (χ3v) is 7.23. The first kappa shape index (κ1) is 23.2. The standard InChI is InChI=1S/C29H31N5S/c1-18(2)22-11-13-23(14-12-22)34-27(26(32-29(34)35)25-10-6-7-15-30-25)24-17-20(4)33(21(24)5)28-19(3)9-8-16-31-28/h6-18,26-27H,1-5H3,(H,32,35). The van der Waals surface area contributed by atoms with Gasteiger partial charge in [-0.1, -0.05) is 38.1 Å². The Morgan fingerprint density at radius 2 is 1.66 bits per heavy atom. The van der Waals surface area contributed by atoms with Crippen LogP contribution in [0.4, 0.5) is 5.69 Å². The second-order valence-electron chi connectivity index (χ2n) is 9.55. The van der Waals surface area contributed by atoms with E-state index in [2.05, 4.69) is 91.9 Å². The molecule has 0 bridgehead atoms. The normalized spacial score (nSPS) is 17.8. The number of thiocarbonyl (C=S) groups is 1. The first-order chi connectivity index (χ1) is 16.9. The van der Waals surface area contributed by atoms with Crippen molar-refractivity contribution in [1.82, 2.24) is 19.9 Å². The molecule has 5 rings (SSSR count). The zero-order valence-corrected chi connectivity index (χ0v) is 21.7. The number of anilines is 1. The topological polar surface area (TPSA) is 46.0 Å². The molecule has 1 fully saturated rings. The van der Waals surface area contributed by atoms with Crippen LogP contribution < -0.4 is 10.2 Å². The van der Waals surface area contributed by atoms with Crippen molar-refractivity contribution >= 4 is 23.0 Å². The van der Waals surface area contributed by atoms with Crippen LogP contribution in [0.3, 0.4) is 0 Å². The fourth-order valence-corrected chi connectivity index (χ4v) is 5.44. The Morgan fingerprint density at radius 3 is 2.31 bits per heavy atom. The highest BCUT2D eigenvalue weighted by Crippen LogP contribution is 2.44. The van der Waals surface area contributed by atoms with E-state index >= 15 is 0 Å². The monoisotopic (exact) mass is 481 g/mol. The molecule has 0 saturated carbocycles. The van der Waals surface area contributed by atoms with Gasteiger partial charge in [0.25, 0.3) is 0 Å². The van der Waals surface area contributed by atoms with E-state index in [0.717, 1.165) is 34.2 Å². The lowest BCUT2D eigenvalue weighted by atomic mass is 9.96. The highest BCUT2D eigenvalue weighted by atomic mass is 32.1. The molecule has 6 heteroatoms. The van der Waals surface area contributed by atoms with Crippen LogP contribution in [0.2, 0.25) is 0 Å². The summed E-state index contributed by atoms with van der Waals surface area (Å²) in [7, 11) is 0. The second-order valence-corrected chi connectivity index (χ2v) is 9.94. The summed E-state index contributed by atoms with van der Waals surface area (Å²) in [5.74, 6) is 1.44. The molecule has 2 atom stereocenters. The number of aromatic nitrogens is 3. The lowest BCUT2D eigenvalue weighted by Crippen LogP contribution is -2.29. The Bertz CT molecular complexity index is 1360. The maximum absolute atomic E-state index is 5.93. The average molecular weight is 482 g/mol. The third-order valence-electron chi connectivity index (χ3n) is 6.92. The lowest BCUT2D eigenvalue weighted by molar-refractivity contribution is 0.565. The van der Waals surface area contributed by atoms with Gasteiger partial charge in [-0.05, 0) is 92.0 Å². The molecule has 4 aromatic rings. The van der Waals surface area contributed by atoms with Gasteiger partial charge < -0.3 is 14.8 Å².